The lowest BCUT2D eigenvalue weighted by Crippen LogP contribution is -1.85. The van der Waals surface area contributed by atoms with Gasteiger partial charge in [0.1, 0.15) is 6.08 Å². The third-order valence-corrected chi connectivity index (χ3v) is 2.19. The van der Waals surface area contributed by atoms with Crippen LogP contribution in [-0.4, -0.2) is 12.2 Å². The number of aliphatic hydroxyl groups is 1. The van der Waals surface area contributed by atoms with Gasteiger partial charge in [0, 0.05) is 16.8 Å². The zero-order chi connectivity index (χ0) is 10.7. The van der Waals surface area contributed by atoms with Crippen LogP contribution in [0.15, 0.2) is 48.4 Å². The van der Waals surface area contributed by atoms with Crippen LogP contribution in [0.4, 0.5) is 0 Å². The van der Waals surface area contributed by atoms with Crippen molar-refractivity contribution >= 4 is 10.8 Å². The predicted molar refractivity (Wildman–Crippen MR) is 59.4 cm³/mol. The highest BCUT2D eigenvalue weighted by Crippen LogP contribution is 2.16. The van der Waals surface area contributed by atoms with Gasteiger partial charge in [-0.25, -0.2) is 0 Å². The van der Waals surface area contributed by atoms with Crippen LogP contribution in [0.2, 0.25) is 0 Å². The minimum absolute atomic E-state index is 0.203. The van der Waals surface area contributed by atoms with E-state index in [1.54, 1.807) is 0 Å². The minimum Gasteiger partial charge on any atom is -0.464 e. The predicted octanol–water partition coefficient (Wildman–Crippen LogP) is 3.04. The minimum atomic E-state index is -0.203. The summed E-state index contributed by atoms with van der Waals surface area (Å²) < 4.78 is 4.63. The van der Waals surface area contributed by atoms with Gasteiger partial charge < -0.3 is 9.84 Å². The molecule has 0 aliphatic heterocycles. The van der Waals surface area contributed by atoms with Crippen molar-refractivity contribution < 1.29 is 9.84 Å². The molecule has 2 heteroatoms. The molecule has 0 fully saturated rings. The fraction of sp³-hybridized carbons (Fsp3) is 0.0769. The Morgan fingerprint density at radius 1 is 1.13 bits per heavy atom. The molecule has 0 radical (unpaired) electrons. The van der Waals surface area contributed by atoms with Crippen LogP contribution in [0, 0.1) is 6.08 Å². The van der Waals surface area contributed by atoms with E-state index in [9.17, 15) is 0 Å². The number of ether oxygens (including phenoxy) is 1. The van der Waals surface area contributed by atoms with E-state index in [2.05, 4.69) is 10.8 Å². The van der Waals surface area contributed by atoms with Crippen molar-refractivity contribution in [3.63, 3.8) is 0 Å². The Hall–Kier alpha value is -2.05. The van der Waals surface area contributed by atoms with Gasteiger partial charge in [-0.15, -0.1) is 0 Å². The van der Waals surface area contributed by atoms with Crippen LogP contribution in [0.5, 0.6) is 0 Å². The molecule has 2 nitrogen and oxygen atoms in total. The number of aliphatic hydroxyl groups excluding tert-OH is 1. The summed E-state index contributed by atoms with van der Waals surface area (Å²) in [7, 11) is 1.41. The summed E-state index contributed by atoms with van der Waals surface area (Å²) in [5.41, 5.74) is 0.799. The molecule has 2 aromatic rings. The number of benzene rings is 2. The number of hydrogen-bond donors (Lipinski definition) is 1. The first-order chi connectivity index (χ1) is 7.29. The van der Waals surface area contributed by atoms with Crippen LogP contribution in [0.3, 0.4) is 0 Å². The second kappa shape index (κ2) is 3.99. The summed E-state index contributed by atoms with van der Waals surface area (Å²) in [6.45, 7) is 0. The fourth-order valence-corrected chi connectivity index (χ4v) is 1.44. The highest BCUT2D eigenvalue weighted by Gasteiger charge is 2.05. The summed E-state index contributed by atoms with van der Waals surface area (Å²) >= 11 is 0. The van der Waals surface area contributed by atoms with Gasteiger partial charge in [0.2, 0.25) is 0 Å². The Morgan fingerprint density at radius 3 is 2.60 bits per heavy atom. The van der Waals surface area contributed by atoms with Gasteiger partial charge >= 0.3 is 5.95 Å². The average molecular weight is 199 g/mol. The van der Waals surface area contributed by atoms with Crippen LogP contribution in [-0.2, 0) is 4.74 Å². The van der Waals surface area contributed by atoms with Crippen molar-refractivity contribution in [3.8, 4) is 0 Å². The Kier molecular flexibility index (Phi) is 2.53. The molecule has 0 aliphatic rings. The van der Waals surface area contributed by atoms with E-state index in [-0.39, 0.29) is 5.95 Å². The van der Waals surface area contributed by atoms with E-state index in [0.717, 1.165) is 10.9 Å². The number of hydrogen-bond acceptors (Lipinski definition) is 2. The smallest absolute Gasteiger partial charge is 0.400 e. The third-order valence-electron chi connectivity index (χ3n) is 2.19. The van der Waals surface area contributed by atoms with Gasteiger partial charge in [0.15, 0.2) is 5.56 Å². The van der Waals surface area contributed by atoms with E-state index in [1.165, 1.54) is 12.5 Å². The topological polar surface area (TPSA) is 29.5 Å². The van der Waals surface area contributed by atoms with Gasteiger partial charge in [-0.05, 0) is 6.07 Å². The largest absolute Gasteiger partial charge is 0.464 e. The number of rotatable bonds is 2. The van der Waals surface area contributed by atoms with Crippen molar-refractivity contribution in [2.75, 3.05) is 7.11 Å². The van der Waals surface area contributed by atoms with E-state index in [1.807, 2.05) is 42.5 Å². The number of methoxy groups -OCH3 is 1. The molecule has 0 saturated heterocycles. The summed E-state index contributed by atoms with van der Waals surface area (Å²) in [5, 5.41) is 11.5. The van der Waals surface area contributed by atoms with Gasteiger partial charge in [0.25, 0.3) is 0 Å². The van der Waals surface area contributed by atoms with Crippen molar-refractivity contribution in [3.05, 3.63) is 60.0 Å². The lowest BCUT2D eigenvalue weighted by atomic mass is 10.1. The molecule has 0 unspecified atom stereocenters. The molecule has 74 valence electrons. The summed E-state index contributed by atoms with van der Waals surface area (Å²) in [5.74, 6) is -0.203. The molecule has 0 aromatic heterocycles. The third kappa shape index (κ3) is 2.06. The average Bonchev–Trinajstić information content (AvgIpc) is 2.29. The molecule has 0 saturated carbocycles. The lowest BCUT2D eigenvalue weighted by molar-refractivity contribution is 0.134. The van der Waals surface area contributed by atoms with Crippen molar-refractivity contribution in [2.24, 2.45) is 0 Å². The molecule has 0 aliphatic carbocycles. The highest BCUT2D eigenvalue weighted by atomic mass is 16.6. The first-order valence-electron chi connectivity index (χ1n) is 4.65. The quantitative estimate of drug-likeness (QED) is 0.595. The zero-order valence-corrected chi connectivity index (χ0v) is 8.40. The Bertz CT molecular complexity index is 501. The molecule has 0 bridgehead atoms. The van der Waals surface area contributed by atoms with Gasteiger partial charge in [-0.1, -0.05) is 18.2 Å². The molecule has 0 spiro atoms. The molecule has 0 amide bonds. The normalized spacial score (nSPS) is 11.1. The lowest BCUT2D eigenvalue weighted by Gasteiger charge is -1.92. The monoisotopic (exact) mass is 199 g/mol. The zero-order valence-electron chi connectivity index (χ0n) is 8.40. The fourth-order valence-electron chi connectivity index (χ4n) is 1.44. The molecule has 1 N–H and O–H groups in total. The molecule has 0 heterocycles. The first kappa shape index (κ1) is 9.50. The van der Waals surface area contributed by atoms with Gasteiger partial charge in [0.05, 0.1) is 19.2 Å². The Balaban J connectivity index is 2.47. The molecule has 0 atom stereocenters. The maximum absolute atomic E-state index is 9.17. The van der Waals surface area contributed by atoms with Crippen LogP contribution < -0.4 is 0 Å². The second-order valence-electron chi connectivity index (χ2n) is 3.20. The van der Waals surface area contributed by atoms with Crippen LogP contribution in [0.25, 0.3) is 10.8 Å². The molecule has 2 aromatic carbocycles. The van der Waals surface area contributed by atoms with Crippen molar-refractivity contribution in [1.82, 2.24) is 0 Å². The van der Waals surface area contributed by atoms with Crippen LogP contribution in [0.1, 0.15) is 5.56 Å². The molecular formula is C13H11O2+. The summed E-state index contributed by atoms with van der Waals surface area (Å²) in [6, 6.07) is 13.9. The SMILES string of the molecule is COC(O)=[C+]c1ccc2ccccc2c1. The second-order valence-corrected chi connectivity index (χ2v) is 3.20. The maximum atomic E-state index is 9.17. The maximum Gasteiger partial charge on any atom is 0.400 e. The highest BCUT2D eigenvalue weighted by molar-refractivity contribution is 5.83. The Labute approximate surface area is 88.4 Å². The van der Waals surface area contributed by atoms with Crippen molar-refractivity contribution in [2.45, 2.75) is 0 Å². The van der Waals surface area contributed by atoms with Gasteiger partial charge in [-0.2, -0.15) is 0 Å². The summed E-state index contributed by atoms with van der Waals surface area (Å²) in [6.07, 6.45) is 2.73. The summed E-state index contributed by atoms with van der Waals surface area (Å²) in [4.78, 5) is 0. The first-order valence-corrected chi connectivity index (χ1v) is 4.65. The van der Waals surface area contributed by atoms with Gasteiger partial charge in [-0.3, -0.25) is 0 Å². The molecule has 15 heavy (non-hydrogen) atoms. The van der Waals surface area contributed by atoms with Crippen LogP contribution >= 0.6 is 0 Å². The Morgan fingerprint density at radius 2 is 1.87 bits per heavy atom. The molecular weight excluding hydrogens is 188 g/mol. The van der Waals surface area contributed by atoms with E-state index < -0.39 is 0 Å². The number of fused-ring (bicyclic) bond motifs is 1. The van der Waals surface area contributed by atoms with Crippen molar-refractivity contribution in [1.29, 1.82) is 0 Å². The van der Waals surface area contributed by atoms with E-state index in [0.29, 0.717) is 0 Å². The standard InChI is InChI=1S/C13H10O2/c1-15-13(14)9-10-6-7-11-4-2-3-5-12(11)8-10/h2-8H,1H3/p+1. The van der Waals surface area contributed by atoms with E-state index >= 15 is 0 Å². The molecule has 2 rings (SSSR count). The van der Waals surface area contributed by atoms with E-state index in [4.69, 9.17) is 5.11 Å².